The highest BCUT2D eigenvalue weighted by atomic mass is 35.5. The lowest BCUT2D eigenvalue weighted by Gasteiger charge is -2.17. The van der Waals surface area contributed by atoms with Gasteiger partial charge in [0.15, 0.2) is 17.3 Å². The maximum absolute atomic E-state index is 10.8. The van der Waals surface area contributed by atoms with Crippen LogP contribution in [0.2, 0.25) is 10.0 Å². The average Bonchev–Trinajstić information content (AvgIpc) is 3.18. The second-order valence-corrected chi connectivity index (χ2v) is 14.9. The number of halogens is 2. The highest BCUT2D eigenvalue weighted by molar-refractivity contribution is 6.36. The smallest absolute Gasteiger partial charge is 0.269 e. The maximum Gasteiger partial charge on any atom is 0.269 e. The number of benzene rings is 3. The molecular weight excluding hydrogens is 821 g/mol. The second-order valence-electron chi connectivity index (χ2n) is 14.1. The Labute approximate surface area is 373 Å². The number of unbranched alkanes of at least 4 members (excludes halogenated alkanes) is 1. The third-order valence-corrected chi connectivity index (χ3v) is 8.08. The topological polar surface area (TPSA) is 180 Å². The number of nitro groups is 1. The predicted molar refractivity (Wildman–Crippen MR) is 247 cm³/mol. The van der Waals surface area contributed by atoms with Gasteiger partial charge >= 0.3 is 0 Å². The molecule has 0 N–H and O–H groups in total. The van der Waals surface area contributed by atoms with Crippen molar-refractivity contribution in [1.29, 1.82) is 0 Å². The molecule has 0 aliphatic heterocycles. The van der Waals surface area contributed by atoms with Gasteiger partial charge in [0.25, 0.3) is 5.69 Å². The molecule has 3 aromatic rings. The molecule has 13 heteroatoms. The van der Waals surface area contributed by atoms with Gasteiger partial charge in [0.2, 0.25) is 0 Å². The van der Waals surface area contributed by atoms with Crippen molar-refractivity contribution in [2.75, 3.05) is 0 Å². The molecule has 338 valence electrons. The van der Waals surface area contributed by atoms with E-state index < -0.39 is 4.92 Å². The van der Waals surface area contributed by atoms with Crippen LogP contribution in [-0.2, 0) is 24.0 Å². The third-order valence-electron chi connectivity index (χ3n) is 7.54. The van der Waals surface area contributed by atoms with Crippen LogP contribution >= 0.6 is 23.2 Å². The maximum atomic E-state index is 10.8. The van der Waals surface area contributed by atoms with Crippen molar-refractivity contribution >= 4 is 75.2 Å². The Morgan fingerprint density at radius 2 is 1.03 bits per heavy atom. The number of hydrogen-bond acceptors (Lipinski definition) is 10. The quantitative estimate of drug-likeness (QED) is 0.114. The van der Waals surface area contributed by atoms with E-state index in [0.29, 0.717) is 45.1 Å². The zero-order chi connectivity index (χ0) is 48.1. The van der Waals surface area contributed by atoms with Gasteiger partial charge in [-0.15, -0.1) is 0 Å². The molecule has 11 nitrogen and oxygen atoms in total. The van der Waals surface area contributed by atoms with E-state index in [0.717, 1.165) is 37.7 Å². The number of ketones is 8. The normalized spacial score (nSPS) is 10.7. The van der Waals surface area contributed by atoms with Crippen molar-refractivity contribution in [2.45, 2.75) is 141 Å². The molecular formula is C48H67Cl2NO10. The fourth-order valence-electron chi connectivity index (χ4n) is 4.20. The largest absolute Gasteiger partial charge is 0.300 e. The van der Waals surface area contributed by atoms with E-state index in [1.807, 2.05) is 37.3 Å². The average molecular weight is 889 g/mol. The molecule has 0 heterocycles. The summed E-state index contributed by atoms with van der Waals surface area (Å²) in [6.45, 7) is 19.4. The SMILES string of the molecule is CC(=O)C1CCCCC1.CC(=O)c1ccc(Cl)cc1Cl.CC(=O)c1ccc([N+](=O)[O-])cc1.CC(=O)c1ccccc1.CC(C)=O.CC(C)=O.CCC(C)=O.CCCCC(C)=O. The predicted octanol–water partition coefficient (Wildman–Crippen LogP) is 13.0. The van der Waals surface area contributed by atoms with Crippen molar-refractivity contribution in [3.8, 4) is 0 Å². The van der Waals surface area contributed by atoms with E-state index in [1.54, 1.807) is 45.9 Å². The Balaban J connectivity index is -0.000000313. The molecule has 0 aromatic heterocycles. The summed E-state index contributed by atoms with van der Waals surface area (Å²) in [5.74, 6) is 1.69. The van der Waals surface area contributed by atoms with Crippen molar-refractivity contribution in [2.24, 2.45) is 5.92 Å². The Kier molecular flexibility index (Phi) is 40.2. The molecule has 0 unspecified atom stereocenters. The van der Waals surface area contributed by atoms with Crippen LogP contribution in [0.1, 0.15) is 172 Å². The van der Waals surface area contributed by atoms with E-state index in [9.17, 15) is 48.5 Å². The first-order valence-corrected chi connectivity index (χ1v) is 20.8. The Morgan fingerprint density at radius 1 is 0.607 bits per heavy atom. The molecule has 0 bridgehead atoms. The van der Waals surface area contributed by atoms with Crippen LogP contribution in [-0.4, -0.2) is 51.2 Å². The summed E-state index contributed by atoms with van der Waals surface area (Å²) in [6.07, 6.45) is 9.77. The third kappa shape index (κ3) is 42.9. The van der Waals surface area contributed by atoms with Gasteiger partial charge in [-0.2, -0.15) is 0 Å². The van der Waals surface area contributed by atoms with Crippen LogP contribution < -0.4 is 0 Å². The van der Waals surface area contributed by atoms with Crippen LogP contribution in [0.4, 0.5) is 5.69 Å². The summed E-state index contributed by atoms with van der Waals surface area (Å²) in [6, 6.07) is 19.6. The molecule has 3 aromatic carbocycles. The number of Topliss-reactive ketones (excluding diaryl/α,β-unsaturated/α-hetero) is 8. The Hall–Kier alpha value is -5.00. The highest BCUT2D eigenvalue weighted by Crippen LogP contribution is 2.24. The summed E-state index contributed by atoms with van der Waals surface area (Å²) >= 11 is 11.3. The molecule has 0 atom stereocenters. The van der Waals surface area contributed by atoms with Crippen LogP contribution in [0.5, 0.6) is 0 Å². The molecule has 1 aliphatic rings. The summed E-state index contributed by atoms with van der Waals surface area (Å²) in [5, 5.41) is 11.2. The standard InChI is InChI=1S/C8H6Cl2O.C8H7NO3.C8H14O.C8H8O.C6H12O.C4H8O.2C3H6O/c1-5(11)7-3-2-6(9)4-8(7)10;1-6(10)7-2-4-8(5-3-7)9(11)12;2*1-7(9)8-5-3-2-4-6-8;1-3-4-5-6(2)7;1-3-4(2)5;2*1-3(2)4/h2-4H,1H3;2-5H,1H3;8H,2-6H2,1H3;2-6H,1H3;3-5H2,1-2H3;3H2,1-2H3;2*1-2H3. The first-order valence-electron chi connectivity index (χ1n) is 20.0. The lowest BCUT2D eigenvalue weighted by Crippen LogP contribution is -2.13. The van der Waals surface area contributed by atoms with Gasteiger partial charge in [-0.05, 0) is 119 Å². The van der Waals surface area contributed by atoms with Crippen LogP contribution in [0.3, 0.4) is 0 Å². The van der Waals surface area contributed by atoms with E-state index in [2.05, 4.69) is 6.92 Å². The van der Waals surface area contributed by atoms with Gasteiger partial charge in [0.05, 0.1) is 9.95 Å². The number of carbonyl (C=O) groups is 8. The molecule has 0 amide bonds. The number of hydrogen-bond donors (Lipinski definition) is 0. The highest BCUT2D eigenvalue weighted by Gasteiger charge is 2.16. The fraction of sp³-hybridized carbons (Fsp3) is 0.458. The molecule has 1 fully saturated rings. The number of nitro benzene ring substituents is 1. The monoisotopic (exact) mass is 887 g/mol. The van der Waals surface area contributed by atoms with Crippen molar-refractivity contribution in [3.05, 3.63) is 110 Å². The van der Waals surface area contributed by atoms with Gasteiger partial charge < -0.3 is 19.2 Å². The van der Waals surface area contributed by atoms with E-state index >= 15 is 0 Å². The first-order chi connectivity index (χ1) is 28.3. The summed E-state index contributed by atoms with van der Waals surface area (Å²) < 4.78 is 0. The van der Waals surface area contributed by atoms with Gasteiger partial charge in [-0.1, -0.05) is 93.1 Å². The summed E-state index contributed by atoms with van der Waals surface area (Å²) in [5.41, 5.74) is 1.77. The molecule has 61 heavy (non-hydrogen) atoms. The van der Waals surface area contributed by atoms with Crippen molar-refractivity contribution in [1.82, 2.24) is 0 Å². The zero-order valence-electron chi connectivity index (χ0n) is 38.2. The van der Waals surface area contributed by atoms with E-state index in [-0.39, 0.29) is 40.4 Å². The minimum Gasteiger partial charge on any atom is -0.300 e. The molecule has 1 aliphatic carbocycles. The van der Waals surface area contributed by atoms with Crippen molar-refractivity contribution < 1.29 is 43.3 Å². The van der Waals surface area contributed by atoms with E-state index in [1.165, 1.54) is 85.1 Å². The number of rotatable bonds is 9. The fourth-order valence-corrected chi connectivity index (χ4v) is 4.74. The molecule has 0 spiro atoms. The Morgan fingerprint density at radius 3 is 1.30 bits per heavy atom. The van der Waals surface area contributed by atoms with Gasteiger partial charge in [0, 0.05) is 52.6 Å². The van der Waals surface area contributed by atoms with Crippen LogP contribution in [0.25, 0.3) is 0 Å². The minimum absolute atomic E-state index is 0.000000000000000222. The van der Waals surface area contributed by atoms with Crippen LogP contribution in [0.15, 0.2) is 72.8 Å². The Bertz CT molecular complexity index is 1730. The lowest BCUT2D eigenvalue weighted by molar-refractivity contribution is -0.384. The first kappa shape index (κ1) is 62.6. The second kappa shape index (κ2) is 39.2. The molecule has 4 rings (SSSR count). The number of carbonyl (C=O) groups excluding carboxylic acids is 8. The number of nitrogens with zero attached hydrogens (tertiary/aromatic N) is 1. The summed E-state index contributed by atoms with van der Waals surface area (Å²) in [4.78, 5) is 91.7. The molecule has 0 saturated heterocycles. The van der Waals surface area contributed by atoms with Gasteiger partial charge in [-0.3, -0.25) is 29.3 Å². The molecule has 1 saturated carbocycles. The van der Waals surface area contributed by atoms with E-state index in [4.69, 9.17) is 23.2 Å². The molecule has 0 radical (unpaired) electrons. The van der Waals surface area contributed by atoms with Gasteiger partial charge in [-0.25, -0.2) is 0 Å². The minimum atomic E-state index is -0.496. The lowest BCUT2D eigenvalue weighted by atomic mass is 9.87. The van der Waals surface area contributed by atoms with Crippen LogP contribution in [0, 0.1) is 16.0 Å². The van der Waals surface area contributed by atoms with Gasteiger partial charge in [0.1, 0.15) is 28.9 Å². The number of non-ortho nitro benzene ring substituents is 1. The zero-order valence-corrected chi connectivity index (χ0v) is 39.7. The summed E-state index contributed by atoms with van der Waals surface area (Å²) in [7, 11) is 0. The van der Waals surface area contributed by atoms with Crippen molar-refractivity contribution in [3.63, 3.8) is 0 Å².